The van der Waals surface area contributed by atoms with Crippen LogP contribution in [0.15, 0.2) is 78.0 Å². The molecular formula is C22H27N5O2S. The Balaban J connectivity index is 1.88. The molecule has 1 atom stereocenters. The van der Waals surface area contributed by atoms with Crippen LogP contribution in [0.25, 0.3) is 0 Å². The van der Waals surface area contributed by atoms with Crippen LogP contribution in [0.5, 0.6) is 0 Å². The molecule has 3 aromatic rings. The average Bonchev–Trinajstić information content (AvgIpc) is 2.72. The Labute approximate surface area is 178 Å². The van der Waals surface area contributed by atoms with Gasteiger partial charge in [-0.25, -0.2) is 22.7 Å². The quantitative estimate of drug-likeness (QED) is 0.600. The smallest absolute Gasteiger partial charge is 0.265 e. The summed E-state index contributed by atoms with van der Waals surface area (Å²) in [6, 6.07) is 19.5. The summed E-state index contributed by atoms with van der Waals surface area (Å²) in [5, 5.41) is 3.18. The molecule has 0 aliphatic rings. The molecule has 7 nitrogen and oxygen atoms in total. The maximum absolute atomic E-state index is 13.4. The fraction of sp³-hybridized carbons (Fsp3) is 0.273. The molecule has 0 aliphatic heterocycles. The van der Waals surface area contributed by atoms with Crippen LogP contribution >= 0.6 is 0 Å². The highest BCUT2D eigenvalue weighted by atomic mass is 32.2. The van der Waals surface area contributed by atoms with Crippen molar-refractivity contribution in [2.45, 2.75) is 37.2 Å². The Morgan fingerprint density at radius 1 is 1.00 bits per heavy atom. The second-order valence-electron chi connectivity index (χ2n) is 7.91. The van der Waals surface area contributed by atoms with E-state index in [1.165, 1.54) is 10.6 Å². The first-order chi connectivity index (χ1) is 14.2. The molecule has 2 aromatic carbocycles. The van der Waals surface area contributed by atoms with Crippen molar-refractivity contribution in [3.05, 3.63) is 78.6 Å². The molecular weight excluding hydrogens is 398 g/mol. The zero-order valence-corrected chi connectivity index (χ0v) is 18.2. The first-order valence-corrected chi connectivity index (χ1v) is 11.1. The molecule has 30 heavy (non-hydrogen) atoms. The molecule has 3 rings (SSSR count). The van der Waals surface area contributed by atoms with E-state index in [9.17, 15) is 8.42 Å². The van der Waals surface area contributed by atoms with Gasteiger partial charge in [0.25, 0.3) is 10.0 Å². The van der Waals surface area contributed by atoms with Crippen LogP contribution in [0.4, 0.5) is 11.6 Å². The third kappa shape index (κ3) is 4.95. The fourth-order valence-electron chi connectivity index (χ4n) is 3.11. The number of hydrogen-bond acceptors (Lipinski definition) is 6. The van der Waals surface area contributed by atoms with Crippen molar-refractivity contribution in [1.29, 1.82) is 0 Å². The molecule has 1 aromatic heterocycles. The first kappa shape index (κ1) is 21.7. The molecule has 0 unspecified atom stereocenters. The monoisotopic (exact) mass is 425 g/mol. The predicted molar refractivity (Wildman–Crippen MR) is 120 cm³/mol. The van der Waals surface area contributed by atoms with Crippen LogP contribution in [0.3, 0.4) is 0 Å². The Kier molecular flexibility index (Phi) is 6.38. The van der Waals surface area contributed by atoms with Gasteiger partial charge in [-0.3, -0.25) is 0 Å². The van der Waals surface area contributed by atoms with Gasteiger partial charge in [-0.05, 0) is 38.5 Å². The van der Waals surface area contributed by atoms with Crippen LogP contribution in [0, 0.1) is 0 Å². The van der Waals surface area contributed by atoms with Crippen LogP contribution in [0.2, 0.25) is 0 Å². The number of benzene rings is 2. The van der Waals surface area contributed by atoms with Crippen LogP contribution in [-0.2, 0) is 10.0 Å². The Bertz CT molecular complexity index is 1070. The van der Waals surface area contributed by atoms with Crippen molar-refractivity contribution in [1.82, 2.24) is 9.97 Å². The molecule has 0 aliphatic carbocycles. The van der Waals surface area contributed by atoms with Gasteiger partial charge in [-0.1, -0.05) is 48.5 Å². The third-order valence-electron chi connectivity index (χ3n) is 4.48. The van der Waals surface area contributed by atoms with Crippen molar-refractivity contribution in [3.63, 3.8) is 0 Å². The van der Waals surface area contributed by atoms with E-state index in [2.05, 4.69) is 15.3 Å². The number of nitrogens with one attached hydrogen (secondary N) is 1. The molecule has 0 fully saturated rings. The molecule has 1 heterocycles. The van der Waals surface area contributed by atoms with Gasteiger partial charge < -0.3 is 11.1 Å². The van der Waals surface area contributed by atoms with E-state index in [1.54, 1.807) is 36.4 Å². The average molecular weight is 426 g/mol. The minimum absolute atomic E-state index is 0.208. The number of sulfonamides is 1. The summed E-state index contributed by atoms with van der Waals surface area (Å²) < 4.78 is 28.1. The Morgan fingerprint density at radius 2 is 1.60 bits per heavy atom. The normalized spacial score (nSPS) is 12.9. The van der Waals surface area contributed by atoms with Gasteiger partial charge in [0.05, 0.1) is 4.90 Å². The van der Waals surface area contributed by atoms with Gasteiger partial charge in [0.1, 0.15) is 18.0 Å². The molecule has 158 valence electrons. The standard InChI is InChI=1S/C22H27N5O2S/c1-22(2,3)27(30(28,29)18-12-8-5-9-13-18)21-14-20(25-16-26-21)24-15-19(23)17-10-6-4-7-11-17/h4-14,16,19H,15,23H2,1-3H3,(H,24,25,26)/t19-/m0/s1. The number of hydrogen-bond donors (Lipinski definition) is 2. The van der Waals surface area contributed by atoms with Crippen molar-refractivity contribution in [2.24, 2.45) is 5.73 Å². The molecule has 0 saturated heterocycles. The minimum Gasteiger partial charge on any atom is -0.368 e. The summed E-state index contributed by atoms with van der Waals surface area (Å²) in [5.74, 6) is 0.793. The SMILES string of the molecule is CC(C)(C)N(c1cc(NC[C@H](N)c2ccccc2)ncn1)S(=O)(=O)c1ccccc1. The van der Waals surface area contributed by atoms with Crippen LogP contribution in [0.1, 0.15) is 32.4 Å². The van der Waals surface area contributed by atoms with Crippen molar-refractivity contribution < 1.29 is 8.42 Å². The summed E-state index contributed by atoms with van der Waals surface area (Å²) in [6.07, 6.45) is 1.35. The second-order valence-corrected chi connectivity index (χ2v) is 9.70. The Morgan fingerprint density at radius 3 is 2.20 bits per heavy atom. The highest BCUT2D eigenvalue weighted by Crippen LogP contribution is 2.30. The summed E-state index contributed by atoms with van der Waals surface area (Å²) in [5.41, 5.74) is 6.51. The molecule has 0 radical (unpaired) electrons. The zero-order valence-electron chi connectivity index (χ0n) is 17.4. The minimum atomic E-state index is -3.81. The van der Waals surface area contributed by atoms with Crippen molar-refractivity contribution >= 4 is 21.7 Å². The number of anilines is 2. The van der Waals surface area contributed by atoms with E-state index < -0.39 is 15.6 Å². The lowest BCUT2D eigenvalue weighted by molar-refractivity contribution is 0.532. The van der Waals surface area contributed by atoms with Crippen molar-refractivity contribution in [3.8, 4) is 0 Å². The van der Waals surface area contributed by atoms with Crippen LogP contribution < -0.4 is 15.4 Å². The molecule has 0 saturated carbocycles. The van der Waals surface area contributed by atoms with Gasteiger partial charge in [-0.2, -0.15) is 0 Å². The molecule has 0 bridgehead atoms. The number of aromatic nitrogens is 2. The number of rotatable bonds is 7. The van der Waals surface area contributed by atoms with Gasteiger partial charge >= 0.3 is 0 Å². The first-order valence-electron chi connectivity index (χ1n) is 9.66. The predicted octanol–water partition coefficient (Wildman–Crippen LogP) is 3.58. The van der Waals surface area contributed by atoms with E-state index in [4.69, 9.17) is 5.73 Å². The van der Waals surface area contributed by atoms with E-state index in [0.717, 1.165) is 5.56 Å². The second kappa shape index (κ2) is 8.81. The van der Waals surface area contributed by atoms with E-state index in [0.29, 0.717) is 12.4 Å². The molecule has 0 amide bonds. The van der Waals surface area contributed by atoms with Gasteiger partial charge in [-0.15, -0.1) is 0 Å². The lowest BCUT2D eigenvalue weighted by Gasteiger charge is -2.35. The zero-order chi connectivity index (χ0) is 21.8. The van der Waals surface area contributed by atoms with E-state index >= 15 is 0 Å². The van der Waals surface area contributed by atoms with Crippen LogP contribution in [-0.4, -0.2) is 30.5 Å². The summed E-state index contributed by atoms with van der Waals surface area (Å²) in [4.78, 5) is 8.68. The number of nitrogens with zero attached hydrogens (tertiary/aromatic N) is 3. The molecule has 3 N–H and O–H groups in total. The van der Waals surface area contributed by atoms with Gasteiger partial charge in [0, 0.05) is 24.2 Å². The molecule has 8 heteroatoms. The summed E-state index contributed by atoms with van der Waals surface area (Å²) >= 11 is 0. The lowest BCUT2D eigenvalue weighted by atomic mass is 10.1. The highest BCUT2D eigenvalue weighted by Gasteiger charge is 2.35. The third-order valence-corrected chi connectivity index (χ3v) is 6.57. The maximum Gasteiger partial charge on any atom is 0.265 e. The maximum atomic E-state index is 13.4. The fourth-order valence-corrected chi connectivity index (χ4v) is 4.89. The number of nitrogens with two attached hydrogens (primary N) is 1. The summed E-state index contributed by atoms with van der Waals surface area (Å²) in [7, 11) is -3.81. The summed E-state index contributed by atoms with van der Waals surface area (Å²) in [6.45, 7) is 5.93. The Hall–Kier alpha value is -2.97. The van der Waals surface area contributed by atoms with Gasteiger partial charge in [0.15, 0.2) is 0 Å². The van der Waals surface area contributed by atoms with E-state index in [-0.39, 0.29) is 16.8 Å². The topological polar surface area (TPSA) is 101 Å². The van der Waals surface area contributed by atoms with E-state index in [1.807, 2.05) is 51.1 Å². The van der Waals surface area contributed by atoms with Gasteiger partial charge in [0.2, 0.25) is 0 Å². The van der Waals surface area contributed by atoms with Crippen molar-refractivity contribution in [2.75, 3.05) is 16.2 Å². The largest absolute Gasteiger partial charge is 0.368 e. The molecule has 0 spiro atoms. The lowest BCUT2D eigenvalue weighted by Crippen LogP contribution is -2.46. The highest BCUT2D eigenvalue weighted by molar-refractivity contribution is 7.92.